The van der Waals surface area contributed by atoms with Crippen molar-refractivity contribution in [3.8, 4) is 0 Å². The SMILES string of the molecule is CCCCCCCCCCCCCCCCCC(N)=O.CCCN(C)C.O=[N+]([O-])O. The second-order valence-corrected chi connectivity index (χ2v) is 8.21. The van der Waals surface area contributed by atoms with Crippen LogP contribution in [0.5, 0.6) is 0 Å². The topological polar surface area (TPSA) is 110 Å². The molecule has 0 aliphatic carbocycles. The van der Waals surface area contributed by atoms with Crippen LogP contribution in [0, 0.1) is 10.1 Å². The Hall–Kier alpha value is -1.37. The summed E-state index contributed by atoms with van der Waals surface area (Å²) in [5, 5.41) is 13.6. The first-order chi connectivity index (χ1) is 14.3. The molecule has 0 spiro atoms. The number of primary amides is 1. The molecule has 0 aromatic carbocycles. The van der Waals surface area contributed by atoms with Gasteiger partial charge in [0.25, 0.3) is 5.09 Å². The van der Waals surface area contributed by atoms with Gasteiger partial charge >= 0.3 is 0 Å². The van der Waals surface area contributed by atoms with E-state index < -0.39 is 5.09 Å². The molecule has 0 atom stereocenters. The van der Waals surface area contributed by atoms with Crippen molar-refractivity contribution in [3.05, 3.63) is 10.1 Å². The van der Waals surface area contributed by atoms with Crippen molar-refractivity contribution in [2.75, 3.05) is 20.6 Å². The molecule has 0 unspecified atom stereocenters. The van der Waals surface area contributed by atoms with Gasteiger partial charge < -0.3 is 15.8 Å². The second kappa shape index (κ2) is 29.8. The van der Waals surface area contributed by atoms with Crippen molar-refractivity contribution in [2.45, 2.75) is 123 Å². The van der Waals surface area contributed by atoms with E-state index in [1.807, 2.05) is 0 Å². The van der Waals surface area contributed by atoms with Crippen LogP contribution in [-0.4, -0.2) is 41.7 Å². The van der Waals surface area contributed by atoms with Gasteiger partial charge in [-0.3, -0.25) is 4.79 Å². The van der Waals surface area contributed by atoms with E-state index in [4.69, 9.17) is 21.1 Å². The highest BCUT2D eigenvalue weighted by Crippen LogP contribution is 2.13. The van der Waals surface area contributed by atoms with Crippen LogP contribution < -0.4 is 5.73 Å². The molecule has 30 heavy (non-hydrogen) atoms. The lowest BCUT2D eigenvalue weighted by atomic mass is 10.0. The van der Waals surface area contributed by atoms with E-state index in [0.717, 1.165) is 6.42 Å². The van der Waals surface area contributed by atoms with Gasteiger partial charge in [0.15, 0.2) is 0 Å². The van der Waals surface area contributed by atoms with Crippen LogP contribution in [0.25, 0.3) is 0 Å². The predicted molar refractivity (Wildman–Crippen MR) is 126 cm³/mol. The molecule has 0 saturated carbocycles. The van der Waals surface area contributed by atoms with Gasteiger partial charge in [-0.15, -0.1) is 10.1 Å². The molecule has 1 amide bonds. The normalized spacial score (nSPS) is 10.0. The number of carbonyl (C=O) groups excluding carboxylic acids is 1. The van der Waals surface area contributed by atoms with Gasteiger partial charge in [-0.05, 0) is 33.5 Å². The summed E-state index contributed by atoms with van der Waals surface area (Å²) in [7, 11) is 4.17. The van der Waals surface area contributed by atoms with Gasteiger partial charge in [0.2, 0.25) is 5.91 Å². The van der Waals surface area contributed by atoms with Gasteiger partial charge in [0.05, 0.1) is 0 Å². The maximum absolute atomic E-state index is 10.6. The summed E-state index contributed by atoms with van der Waals surface area (Å²) in [6.07, 6.45) is 22.1. The Kier molecular flexibility index (Phi) is 33.1. The quantitative estimate of drug-likeness (QED) is 0.149. The van der Waals surface area contributed by atoms with Crippen molar-refractivity contribution >= 4 is 5.91 Å². The van der Waals surface area contributed by atoms with Crippen molar-refractivity contribution in [1.29, 1.82) is 0 Å². The summed E-state index contributed by atoms with van der Waals surface area (Å²) in [4.78, 5) is 21.1. The summed E-state index contributed by atoms with van der Waals surface area (Å²) in [6, 6.07) is 0. The summed E-state index contributed by atoms with van der Waals surface area (Å²) in [5.41, 5.74) is 5.11. The first-order valence-corrected chi connectivity index (χ1v) is 12.0. The number of unbranched alkanes of at least 4 members (excludes halogenated alkanes) is 14. The number of rotatable bonds is 18. The lowest BCUT2D eigenvalue weighted by Gasteiger charge is -2.03. The average molecular weight is 434 g/mol. The van der Waals surface area contributed by atoms with Crippen LogP contribution in [0.2, 0.25) is 0 Å². The fourth-order valence-corrected chi connectivity index (χ4v) is 3.12. The predicted octanol–water partition coefficient (Wildman–Crippen LogP) is 6.34. The first-order valence-electron chi connectivity index (χ1n) is 12.0. The average Bonchev–Trinajstić information content (AvgIpc) is 2.64. The highest BCUT2D eigenvalue weighted by atomic mass is 16.9. The van der Waals surface area contributed by atoms with Crippen molar-refractivity contribution in [2.24, 2.45) is 5.73 Å². The molecule has 0 saturated heterocycles. The third kappa shape index (κ3) is 50.4. The Balaban J connectivity index is -0.000000600. The molecule has 0 aliphatic rings. The maximum atomic E-state index is 10.6. The second-order valence-electron chi connectivity index (χ2n) is 8.21. The van der Waals surface area contributed by atoms with Crippen LogP contribution in [-0.2, 0) is 4.79 Å². The lowest BCUT2D eigenvalue weighted by molar-refractivity contribution is -0.742. The van der Waals surface area contributed by atoms with E-state index in [0.29, 0.717) is 6.42 Å². The van der Waals surface area contributed by atoms with Gasteiger partial charge in [-0.1, -0.05) is 104 Å². The summed E-state index contributed by atoms with van der Waals surface area (Å²) in [5.74, 6) is -0.153. The highest BCUT2D eigenvalue weighted by Gasteiger charge is 1.96. The Bertz CT molecular complexity index is 349. The highest BCUT2D eigenvalue weighted by molar-refractivity contribution is 5.73. The summed E-state index contributed by atoms with van der Waals surface area (Å²) < 4.78 is 0. The zero-order valence-corrected chi connectivity index (χ0v) is 20.4. The fourth-order valence-electron chi connectivity index (χ4n) is 3.12. The van der Waals surface area contributed by atoms with E-state index in [-0.39, 0.29) is 5.91 Å². The molecule has 0 rings (SSSR count). The van der Waals surface area contributed by atoms with Gasteiger partial charge in [-0.2, -0.15) is 0 Å². The molecule has 182 valence electrons. The number of nitrogens with two attached hydrogens (primary N) is 1. The van der Waals surface area contributed by atoms with Crippen LogP contribution in [0.1, 0.15) is 123 Å². The molecule has 0 aromatic rings. The van der Waals surface area contributed by atoms with Crippen molar-refractivity contribution in [3.63, 3.8) is 0 Å². The number of nitrogens with zero attached hydrogens (tertiary/aromatic N) is 2. The molecule has 0 aliphatic heterocycles. The monoisotopic (exact) mass is 433 g/mol. The zero-order valence-electron chi connectivity index (χ0n) is 20.4. The third-order valence-corrected chi connectivity index (χ3v) is 4.70. The molecular formula is C23H51N3O4. The van der Waals surface area contributed by atoms with Crippen LogP contribution in [0.3, 0.4) is 0 Å². The van der Waals surface area contributed by atoms with E-state index >= 15 is 0 Å². The number of amides is 1. The minimum absolute atomic E-state index is 0.153. The molecule has 7 heteroatoms. The Morgan fingerprint density at radius 3 is 1.27 bits per heavy atom. The van der Waals surface area contributed by atoms with Gasteiger partial charge in [-0.25, -0.2) is 0 Å². The lowest BCUT2D eigenvalue weighted by Crippen LogP contribution is -2.11. The van der Waals surface area contributed by atoms with E-state index in [9.17, 15) is 4.79 Å². The number of carbonyl (C=O) groups is 1. The van der Waals surface area contributed by atoms with Gasteiger partial charge in [0.1, 0.15) is 0 Å². The number of hydrogen-bond donors (Lipinski definition) is 2. The van der Waals surface area contributed by atoms with E-state index in [2.05, 4.69) is 32.8 Å². The first kappa shape index (κ1) is 33.3. The molecule has 3 N–H and O–H groups in total. The summed E-state index contributed by atoms with van der Waals surface area (Å²) in [6.45, 7) is 5.66. The zero-order chi connectivity index (χ0) is 23.5. The van der Waals surface area contributed by atoms with E-state index in [1.54, 1.807) is 0 Å². The van der Waals surface area contributed by atoms with Crippen LogP contribution in [0.4, 0.5) is 0 Å². The molecule has 0 aromatic heterocycles. The standard InChI is InChI=1S/C18H37NO.C5H13N.HNO3/c1-2-3-4-5-6-7-8-9-10-11-12-13-14-15-16-17-18(19)20;1-4-5-6(2)3;2-1(3)4/h2-17H2,1H3,(H2,19,20);4-5H2,1-3H3;(H,2,3,4). The maximum Gasteiger partial charge on any atom is 0.291 e. The van der Waals surface area contributed by atoms with Crippen molar-refractivity contribution < 1.29 is 15.1 Å². The number of hydrogen-bond acceptors (Lipinski definition) is 4. The van der Waals surface area contributed by atoms with Gasteiger partial charge in [0, 0.05) is 6.42 Å². The van der Waals surface area contributed by atoms with Crippen LogP contribution >= 0.6 is 0 Å². The molecule has 0 fully saturated rings. The Morgan fingerprint density at radius 1 is 0.767 bits per heavy atom. The largest absolute Gasteiger partial charge is 0.370 e. The molecule has 0 heterocycles. The molecule has 7 nitrogen and oxygen atoms in total. The minimum atomic E-state index is -1.50. The van der Waals surface area contributed by atoms with Crippen LogP contribution in [0.15, 0.2) is 0 Å². The molecular weight excluding hydrogens is 382 g/mol. The molecule has 0 bridgehead atoms. The Labute approximate surface area is 185 Å². The van der Waals surface area contributed by atoms with Crippen molar-refractivity contribution in [1.82, 2.24) is 4.90 Å². The molecule has 0 radical (unpaired) electrons. The van der Waals surface area contributed by atoms with E-state index in [1.165, 1.54) is 103 Å². The third-order valence-electron chi connectivity index (χ3n) is 4.70. The summed E-state index contributed by atoms with van der Waals surface area (Å²) >= 11 is 0. The minimum Gasteiger partial charge on any atom is -0.370 e. The Morgan fingerprint density at radius 2 is 1.07 bits per heavy atom. The smallest absolute Gasteiger partial charge is 0.291 e. The fraction of sp³-hybridized carbons (Fsp3) is 0.957.